The van der Waals surface area contributed by atoms with E-state index in [0.717, 1.165) is 30.4 Å². The first-order valence-corrected chi connectivity index (χ1v) is 10.0. The molecule has 0 atom stereocenters. The summed E-state index contributed by atoms with van der Waals surface area (Å²) in [6, 6.07) is 4.51. The number of aromatic nitrogens is 5. The van der Waals surface area contributed by atoms with E-state index in [1.165, 1.54) is 19.2 Å². The summed E-state index contributed by atoms with van der Waals surface area (Å²) in [5, 5.41) is 10.6. The number of benzene rings is 1. The van der Waals surface area contributed by atoms with Gasteiger partial charge in [0.05, 0.1) is 10.0 Å². The molecule has 0 bridgehead atoms. The molecule has 4 rings (SSSR count). The zero-order chi connectivity index (χ0) is 21.4. The van der Waals surface area contributed by atoms with Gasteiger partial charge in [-0.05, 0) is 30.9 Å². The van der Waals surface area contributed by atoms with Gasteiger partial charge in [0.1, 0.15) is 0 Å². The summed E-state index contributed by atoms with van der Waals surface area (Å²) in [7, 11) is 1.41. The predicted octanol–water partition coefficient (Wildman–Crippen LogP) is 2.98. The van der Waals surface area contributed by atoms with Crippen molar-refractivity contribution in [2.75, 3.05) is 0 Å². The van der Waals surface area contributed by atoms with Crippen LogP contribution in [0.25, 0.3) is 11.3 Å². The van der Waals surface area contributed by atoms with E-state index in [4.69, 9.17) is 27.9 Å². The van der Waals surface area contributed by atoms with Crippen molar-refractivity contribution >= 4 is 23.2 Å². The number of nitrogens with one attached hydrogen (secondary N) is 2. The highest BCUT2D eigenvalue weighted by atomic mass is 35.5. The van der Waals surface area contributed by atoms with Crippen LogP contribution in [0.1, 0.15) is 37.2 Å². The Balaban J connectivity index is 1.69. The van der Waals surface area contributed by atoms with Gasteiger partial charge in [-0.3, -0.25) is 14.6 Å². The van der Waals surface area contributed by atoms with E-state index in [-0.39, 0.29) is 38.8 Å². The smallest absolute Gasteiger partial charge is 0.344 e. The van der Waals surface area contributed by atoms with E-state index in [1.54, 1.807) is 6.07 Å². The molecule has 0 unspecified atom stereocenters. The number of nitrogens with zero attached hydrogens (tertiary/aromatic N) is 3. The molecule has 156 valence electrons. The Kier molecular flexibility index (Phi) is 5.48. The minimum Gasteiger partial charge on any atom is -0.434 e. The average molecular weight is 450 g/mol. The molecule has 1 aliphatic carbocycles. The molecule has 1 saturated carbocycles. The number of halogens is 2. The number of rotatable bonds is 4. The van der Waals surface area contributed by atoms with Crippen LogP contribution in [0.5, 0.6) is 11.6 Å². The Bertz CT molecular complexity index is 1270. The van der Waals surface area contributed by atoms with Gasteiger partial charge in [-0.15, -0.1) is 5.10 Å². The van der Waals surface area contributed by atoms with Crippen LogP contribution in [0.3, 0.4) is 0 Å². The van der Waals surface area contributed by atoms with Gasteiger partial charge in [0.25, 0.3) is 11.1 Å². The van der Waals surface area contributed by atoms with E-state index >= 15 is 0 Å². The molecule has 0 saturated heterocycles. The maximum atomic E-state index is 12.1. The van der Waals surface area contributed by atoms with Gasteiger partial charge in [0, 0.05) is 24.2 Å². The Morgan fingerprint density at radius 3 is 2.40 bits per heavy atom. The molecule has 0 spiro atoms. The van der Waals surface area contributed by atoms with Crippen LogP contribution in [0.15, 0.2) is 32.6 Å². The largest absolute Gasteiger partial charge is 0.434 e. The van der Waals surface area contributed by atoms with Crippen LogP contribution in [-0.2, 0) is 7.05 Å². The van der Waals surface area contributed by atoms with Crippen LogP contribution in [0.4, 0.5) is 0 Å². The summed E-state index contributed by atoms with van der Waals surface area (Å²) in [5.41, 5.74) is -0.608. The van der Waals surface area contributed by atoms with Crippen molar-refractivity contribution in [2.45, 2.75) is 31.6 Å². The maximum Gasteiger partial charge on any atom is 0.344 e. The normalized spacial score (nSPS) is 14.2. The highest BCUT2D eigenvalue weighted by Gasteiger charge is 2.22. The lowest BCUT2D eigenvalue weighted by Crippen LogP contribution is -2.31. The summed E-state index contributed by atoms with van der Waals surface area (Å²) in [5.74, 6) is 0.460. The second kappa shape index (κ2) is 8.08. The standard InChI is InChI=1S/C19H17Cl2N5O4/c1-26-19(29)22-18(28)15(25-26)10-6-12(20)16(13(21)7-10)30-14-8-11(17(27)24-23-14)9-4-2-3-5-9/h6-9H,2-5H2,1H3,(H,24,27)(H,22,28,29). The highest BCUT2D eigenvalue weighted by molar-refractivity contribution is 6.37. The first-order valence-electron chi connectivity index (χ1n) is 9.28. The fourth-order valence-corrected chi connectivity index (χ4v) is 4.12. The minimum absolute atomic E-state index is 0.0156. The minimum atomic E-state index is -0.664. The molecule has 2 N–H and O–H groups in total. The first-order chi connectivity index (χ1) is 14.3. The fourth-order valence-electron chi connectivity index (χ4n) is 3.56. The van der Waals surface area contributed by atoms with Crippen LogP contribution in [-0.4, -0.2) is 25.0 Å². The first kappa shape index (κ1) is 20.4. The number of H-pyrrole nitrogens is 2. The topological polar surface area (TPSA) is 123 Å². The number of hydrogen-bond donors (Lipinski definition) is 2. The molecule has 9 nitrogen and oxygen atoms in total. The molecule has 11 heteroatoms. The molecule has 2 aromatic heterocycles. The average Bonchev–Trinajstić information content (AvgIpc) is 3.23. The van der Waals surface area contributed by atoms with Crippen LogP contribution in [0.2, 0.25) is 10.0 Å². The van der Waals surface area contributed by atoms with Gasteiger partial charge in [-0.25, -0.2) is 14.6 Å². The van der Waals surface area contributed by atoms with E-state index in [0.29, 0.717) is 11.1 Å². The number of ether oxygens (including phenoxy) is 1. The van der Waals surface area contributed by atoms with Crippen molar-refractivity contribution in [2.24, 2.45) is 7.05 Å². The Morgan fingerprint density at radius 2 is 1.73 bits per heavy atom. The van der Waals surface area contributed by atoms with E-state index in [9.17, 15) is 14.4 Å². The third kappa shape index (κ3) is 3.90. The highest BCUT2D eigenvalue weighted by Crippen LogP contribution is 2.39. The third-order valence-electron chi connectivity index (χ3n) is 5.06. The fraction of sp³-hybridized carbons (Fsp3) is 0.316. The van der Waals surface area contributed by atoms with Gasteiger partial charge in [-0.2, -0.15) is 5.10 Å². The molecule has 0 aliphatic heterocycles. The molecule has 3 aromatic rings. The number of aryl methyl sites for hydroxylation is 1. The summed E-state index contributed by atoms with van der Waals surface area (Å²) in [6.07, 6.45) is 4.06. The lowest BCUT2D eigenvalue weighted by Gasteiger charge is -2.13. The van der Waals surface area contributed by atoms with Crippen molar-refractivity contribution in [3.63, 3.8) is 0 Å². The van der Waals surface area contributed by atoms with E-state index in [2.05, 4.69) is 20.3 Å². The third-order valence-corrected chi connectivity index (χ3v) is 5.62. The quantitative estimate of drug-likeness (QED) is 0.630. The van der Waals surface area contributed by atoms with Crippen molar-refractivity contribution in [1.82, 2.24) is 25.0 Å². The molecule has 0 amide bonds. The summed E-state index contributed by atoms with van der Waals surface area (Å²) >= 11 is 12.7. The van der Waals surface area contributed by atoms with Gasteiger partial charge < -0.3 is 4.74 Å². The van der Waals surface area contributed by atoms with Crippen LogP contribution < -0.4 is 21.5 Å². The second-order valence-corrected chi connectivity index (χ2v) is 7.89. The summed E-state index contributed by atoms with van der Waals surface area (Å²) < 4.78 is 6.75. The van der Waals surface area contributed by atoms with Gasteiger partial charge >= 0.3 is 5.69 Å². The number of hydrogen-bond acceptors (Lipinski definition) is 6. The molecule has 2 heterocycles. The molecular formula is C19H17Cl2N5O4. The lowest BCUT2D eigenvalue weighted by molar-refractivity contribution is 0.452. The summed E-state index contributed by atoms with van der Waals surface area (Å²) in [6.45, 7) is 0. The zero-order valence-electron chi connectivity index (χ0n) is 15.9. The van der Waals surface area contributed by atoms with Crippen LogP contribution in [0, 0.1) is 0 Å². The number of aromatic amines is 2. The van der Waals surface area contributed by atoms with Crippen molar-refractivity contribution in [3.8, 4) is 22.9 Å². The molecule has 30 heavy (non-hydrogen) atoms. The van der Waals surface area contributed by atoms with Gasteiger partial charge in [0.2, 0.25) is 5.88 Å². The van der Waals surface area contributed by atoms with Crippen molar-refractivity contribution in [3.05, 3.63) is 65.0 Å². The SMILES string of the molecule is Cn1nc(-c2cc(Cl)c(Oc3cc(C4CCCC4)c(=O)[nH]n3)c(Cl)c2)c(=O)[nH]c1=O. The lowest BCUT2D eigenvalue weighted by atomic mass is 10.00. The van der Waals surface area contributed by atoms with Crippen LogP contribution >= 0.6 is 23.2 Å². The Morgan fingerprint density at radius 1 is 1.07 bits per heavy atom. The Hall–Kier alpha value is -2.91. The molecule has 1 fully saturated rings. The van der Waals surface area contributed by atoms with Crippen molar-refractivity contribution in [1.29, 1.82) is 0 Å². The van der Waals surface area contributed by atoms with Gasteiger partial charge in [-0.1, -0.05) is 36.0 Å². The molecular weight excluding hydrogens is 433 g/mol. The van der Waals surface area contributed by atoms with Crippen molar-refractivity contribution < 1.29 is 4.74 Å². The van der Waals surface area contributed by atoms with E-state index in [1.807, 2.05) is 0 Å². The second-order valence-electron chi connectivity index (χ2n) is 7.07. The Labute approximate surface area is 179 Å². The monoisotopic (exact) mass is 449 g/mol. The maximum absolute atomic E-state index is 12.1. The molecule has 0 radical (unpaired) electrons. The molecule has 1 aliphatic rings. The van der Waals surface area contributed by atoms with E-state index < -0.39 is 11.2 Å². The van der Waals surface area contributed by atoms with Gasteiger partial charge in [0.15, 0.2) is 11.4 Å². The molecule has 1 aromatic carbocycles. The zero-order valence-corrected chi connectivity index (χ0v) is 17.4. The predicted molar refractivity (Wildman–Crippen MR) is 112 cm³/mol. The summed E-state index contributed by atoms with van der Waals surface area (Å²) in [4.78, 5) is 37.9.